The van der Waals surface area contributed by atoms with Gasteiger partial charge in [-0.05, 0) is 53.7 Å². The molecule has 1 saturated carbocycles. The van der Waals surface area contributed by atoms with E-state index in [1.807, 2.05) is 42.5 Å². The molecule has 0 atom stereocenters. The van der Waals surface area contributed by atoms with Crippen LogP contribution in [0.3, 0.4) is 0 Å². The van der Waals surface area contributed by atoms with Gasteiger partial charge in [0.15, 0.2) is 0 Å². The maximum Gasteiger partial charge on any atom is 0.491 e. The van der Waals surface area contributed by atoms with Gasteiger partial charge < -0.3 is 25.0 Å². The molecule has 3 N–H and O–H groups in total. The topological polar surface area (TPSA) is 79.8 Å². The van der Waals surface area contributed by atoms with Crippen molar-refractivity contribution in [2.45, 2.75) is 51.3 Å². The smallest absolute Gasteiger partial charge is 0.457 e. The second kappa shape index (κ2) is 8.67. The van der Waals surface area contributed by atoms with E-state index in [4.69, 9.17) is 9.39 Å². The first-order valence-electron chi connectivity index (χ1n) is 9.91. The Morgan fingerprint density at radius 2 is 1.86 bits per heavy atom. The van der Waals surface area contributed by atoms with E-state index in [-0.39, 0.29) is 6.03 Å². The molecule has 1 heterocycles. The fourth-order valence-electron chi connectivity index (χ4n) is 3.75. The Morgan fingerprint density at radius 3 is 2.64 bits per heavy atom. The lowest BCUT2D eigenvalue weighted by Crippen LogP contribution is -2.42. The van der Waals surface area contributed by atoms with Gasteiger partial charge in [-0.3, -0.25) is 0 Å². The first-order valence-corrected chi connectivity index (χ1v) is 9.91. The normalized spacial score (nSPS) is 16.5. The van der Waals surface area contributed by atoms with E-state index in [9.17, 15) is 9.82 Å². The van der Waals surface area contributed by atoms with Gasteiger partial charge in [-0.25, -0.2) is 4.79 Å². The second-order valence-electron chi connectivity index (χ2n) is 7.43. The third kappa shape index (κ3) is 4.66. The number of urea groups is 1. The molecule has 2 aromatic carbocycles. The van der Waals surface area contributed by atoms with Crippen LogP contribution in [-0.2, 0) is 17.8 Å². The summed E-state index contributed by atoms with van der Waals surface area (Å²) in [5.74, 6) is 1.42. The maximum atomic E-state index is 12.0. The van der Waals surface area contributed by atoms with Gasteiger partial charge in [0.1, 0.15) is 11.5 Å². The van der Waals surface area contributed by atoms with Crippen molar-refractivity contribution in [3.05, 3.63) is 53.6 Å². The van der Waals surface area contributed by atoms with E-state index >= 15 is 0 Å². The molecule has 0 unspecified atom stereocenters. The number of carbonyl (C=O) groups is 1. The third-order valence-electron chi connectivity index (χ3n) is 5.33. The van der Waals surface area contributed by atoms with Gasteiger partial charge in [-0.2, -0.15) is 0 Å². The van der Waals surface area contributed by atoms with Crippen LogP contribution in [0.1, 0.15) is 43.2 Å². The number of hydrogen-bond acceptors (Lipinski definition) is 4. The molecule has 1 aliphatic carbocycles. The first-order chi connectivity index (χ1) is 13.7. The van der Waals surface area contributed by atoms with Crippen LogP contribution in [0, 0.1) is 0 Å². The number of hydrogen-bond donors (Lipinski definition) is 3. The monoisotopic (exact) mass is 380 g/mol. The van der Waals surface area contributed by atoms with E-state index < -0.39 is 7.12 Å². The first kappa shape index (κ1) is 18.8. The Hall–Kier alpha value is -2.51. The molecule has 0 spiro atoms. The zero-order valence-electron chi connectivity index (χ0n) is 15.8. The summed E-state index contributed by atoms with van der Waals surface area (Å²) in [6.07, 6.45) is 5.82. The van der Waals surface area contributed by atoms with Crippen molar-refractivity contribution in [2.75, 3.05) is 0 Å². The number of ether oxygens (including phenoxy) is 1. The molecule has 4 rings (SSSR count). The number of benzene rings is 2. The van der Waals surface area contributed by atoms with Gasteiger partial charge in [0.2, 0.25) is 0 Å². The molecule has 1 fully saturated rings. The van der Waals surface area contributed by atoms with Gasteiger partial charge in [-0.1, -0.05) is 37.5 Å². The summed E-state index contributed by atoms with van der Waals surface area (Å²) in [5.41, 5.74) is 2.74. The summed E-state index contributed by atoms with van der Waals surface area (Å²) in [6, 6.07) is 13.4. The Bertz CT molecular complexity index is 822. The summed E-state index contributed by atoms with van der Waals surface area (Å²) in [6.45, 7) is 0.869. The minimum absolute atomic E-state index is 0.102. The van der Waals surface area contributed by atoms with Crippen LogP contribution in [0.25, 0.3) is 0 Å². The van der Waals surface area contributed by atoms with E-state index in [2.05, 4.69) is 10.6 Å². The van der Waals surface area contributed by atoms with Crippen LogP contribution in [-0.4, -0.2) is 24.2 Å². The molecule has 7 heteroatoms. The van der Waals surface area contributed by atoms with E-state index in [1.54, 1.807) is 0 Å². The molecule has 1 aliphatic heterocycles. The van der Waals surface area contributed by atoms with Gasteiger partial charge >= 0.3 is 13.1 Å². The Labute approximate surface area is 165 Å². The summed E-state index contributed by atoms with van der Waals surface area (Å²) in [4.78, 5) is 12.0. The van der Waals surface area contributed by atoms with Crippen molar-refractivity contribution < 1.29 is 19.2 Å². The molecule has 0 bridgehead atoms. The van der Waals surface area contributed by atoms with Crippen LogP contribution in [0.4, 0.5) is 4.79 Å². The third-order valence-corrected chi connectivity index (χ3v) is 5.33. The predicted molar refractivity (Wildman–Crippen MR) is 108 cm³/mol. The van der Waals surface area contributed by atoms with Crippen LogP contribution >= 0.6 is 0 Å². The summed E-state index contributed by atoms with van der Waals surface area (Å²) in [5, 5.41) is 15.6. The minimum atomic E-state index is -0.842. The van der Waals surface area contributed by atoms with Gasteiger partial charge in [-0.15, -0.1) is 0 Å². The molecule has 28 heavy (non-hydrogen) atoms. The van der Waals surface area contributed by atoms with Gasteiger partial charge in [0, 0.05) is 12.6 Å². The molecule has 6 nitrogen and oxygen atoms in total. The van der Waals surface area contributed by atoms with Crippen LogP contribution in [0.2, 0.25) is 0 Å². The van der Waals surface area contributed by atoms with E-state index in [1.165, 1.54) is 19.3 Å². The SMILES string of the molecule is O=C(NCc1ccc(Oc2ccc3c(c2)COB3O)cc1)NC1CCCCC1. The van der Waals surface area contributed by atoms with Crippen LogP contribution in [0.15, 0.2) is 42.5 Å². The van der Waals surface area contributed by atoms with Crippen molar-refractivity contribution in [1.29, 1.82) is 0 Å². The minimum Gasteiger partial charge on any atom is -0.457 e. The Morgan fingerprint density at radius 1 is 1.11 bits per heavy atom. The lowest BCUT2D eigenvalue weighted by atomic mass is 9.80. The Kier molecular flexibility index (Phi) is 5.83. The number of amides is 2. The summed E-state index contributed by atoms with van der Waals surface area (Å²) in [7, 11) is -0.842. The quantitative estimate of drug-likeness (QED) is 0.697. The molecule has 146 valence electrons. The molecular formula is C21H25BN2O4. The summed E-state index contributed by atoms with van der Waals surface area (Å²) >= 11 is 0. The highest BCUT2D eigenvalue weighted by atomic mass is 16.5. The second-order valence-corrected chi connectivity index (χ2v) is 7.43. The van der Waals surface area contributed by atoms with Crippen molar-refractivity contribution in [1.82, 2.24) is 10.6 Å². The lowest BCUT2D eigenvalue weighted by molar-refractivity contribution is 0.232. The largest absolute Gasteiger partial charge is 0.491 e. The maximum absolute atomic E-state index is 12.0. The molecular weight excluding hydrogens is 355 g/mol. The zero-order chi connectivity index (χ0) is 19.3. The molecule has 0 aromatic heterocycles. The number of carbonyl (C=O) groups excluding carboxylic acids is 1. The highest BCUT2D eigenvalue weighted by Crippen LogP contribution is 2.24. The molecule has 2 amide bonds. The predicted octanol–water partition coefficient (Wildman–Crippen LogP) is 2.83. The highest BCUT2D eigenvalue weighted by Gasteiger charge is 2.27. The lowest BCUT2D eigenvalue weighted by Gasteiger charge is -2.22. The van der Waals surface area contributed by atoms with Crippen molar-refractivity contribution in [2.24, 2.45) is 0 Å². The number of fused-ring (bicyclic) bond motifs is 1. The van der Waals surface area contributed by atoms with E-state index in [0.717, 1.165) is 35.2 Å². The standard InChI is InChI=1S/C21H25BN2O4/c25-21(24-17-4-2-1-3-5-17)23-13-15-6-8-18(9-7-15)28-19-10-11-20-16(12-19)14-27-22(20)26/h6-12,17,26H,1-5,13-14H2,(H2,23,24,25). The highest BCUT2D eigenvalue weighted by molar-refractivity contribution is 6.61. The number of rotatable bonds is 5. The molecule has 0 saturated heterocycles. The van der Waals surface area contributed by atoms with E-state index in [0.29, 0.717) is 24.9 Å². The fourth-order valence-corrected chi connectivity index (χ4v) is 3.75. The Balaban J connectivity index is 1.27. The molecule has 0 radical (unpaired) electrons. The van der Waals surface area contributed by atoms with Crippen LogP contribution < -0.4 is 20.8 Å². The van der Waals surface area contributed by atoms with Crippen molar-refractivity contribution >= 4 is 18.6 Å². The zero-order valence-corrected chi connectivity index (χ0v) is 15.8. The van der Waals surface area contributed by atoms with Crippen molar-refractivity contribution in [3.8, 4) is 11.5 Å². The van der Waals surface area contributed by atoms with Crippen molar-refractivity contribution in [3.63, 3.8) is 0 Å². The summed E-state index contributed by atoms with van der Waals surface area (Å²) < 4.78 is 11.1. The fraction of sp³-hybridized carbons (Fsp3) is 0.381. The molecule has 2 aromatic rings. The van der Waals surface area contributed by atoms with Gasteiger partial charge in [0.05, 0.1) is 6.61 Å². The average molecular weight is 380 g/mol. The number of nitrogens with one attached hydrogen (secondary N) is 2. The molecule has 2 aliphatic rings. The van der Waals surface area contributed by atoms with Crippen LogP contribution in [0.5, 0.6) is 11.5 Å². The van der Waals surface area contributed by atoms with Gasteiger partial charge in [0.25, 0.3) is 0 Å². The average Bonchev–Trinajstić information content (AvgIpc) is 3.08.